The average Bonchev–Trinajstić information content (AvgIpc) is 3.74. The smallest absolute Gasteiger partial charge is 0.180 e. The summed E-state index contributed by atoms with van der Waals surface area (Å²) in [4.78, 5) is 10.3. The number of aromatic nitrogens is 3. The van der Waals surface area contributed by atoms with E-state index in [4.69, 9.17) is 14.4 Å². The lowest BCUT2D eigenvalue weighted by Gasteiger charge is -2.09. The van der Waals surface area contributed by atoms with Crippen LogP contribution in [0.3, 0.4) is 0 Å². The molecule has 0 amide bonds. The molecule has 0 atom stereocenters. The first-order valence-corrected chi connectivity index (χ1v) is 16.8. The number of para-hydroxylation sites is 2. The Morgan fingerprint density at radius 2 is 0.960 bits per heavy atom. The molecule has 50 heavy (non-hydrogen) atoms. The van der Waals surface area contributed by atoms with Crippen molar-refractivity contribution in [2.45, 2.75) is 0 Å². The molecule has 3 heterocycles. The molecule has 0 aliphatic carbocycles. The Hall–Kier alpha value is -6.78. The van der Waals surface area contributed by atoms with Crippen molar-refractivity contribution in [1.82, 2.24) is 14.5 Å². The van der Waals surface area contributed by atoms with Gasteiger partial charge in [-0.3, -0.25) is 0 Å². The van der Waals surface area contributed by atoms with Crippen molar-refractivity contribution in [3.63, 3.8) is 0 Å². The van der Waals surface area contributed by atoms with Gasteiger partial charge in [0.25, 0.3) is 0 Å². The molecule has 0 fully saturated rings. The fourth-order valence-electron chi connectivity index (χ4n) is 7.22. The van der Waals surface area contributed by atoms with E-state index in [1.807, 2.05) is 24.3 Å². The minimum Gasteiger partial charge on any atom is -0.452 e. The maximum atomic E-state index is 6.59. The Morgan fingerprint density at radius 1 is 0.400 bits per heavy atom. The number of rotatable bonds is 5. The Kier molecular flexibility index (Phi) is 6.46. The van der Waals surface area contributed by atoms with Crippen LogP contribution < -0.4 is 0 Å². The summed E-state index contributed by atoms with van der Waals surface area (Å²) in [6, 6.07) is 61.5. The summed E-state index contributed by atoms with van der Waals surface area (Å²) in [6.45, 7) is 0. The standard InChI is InChI=1S/C46H29N3O/c1-3-12-30(13-4-1)33-16-11-17-35(28-33)43-45-44(48-46(47-43)32-14-5-2-6-15-32)39-29-34(24-27-42(39)50-45)31-22-25-36(26-23-31)49-40-20-9-7-18-37(40)38-19-8-10-21-41(38)49/h1-29H. The fourth-order valence-corrected chi connectivity index (χ4v) is 7.22. The molecule has 0 saturated heterocycles. The summed E-state index contributed by atoms with van der Waals surface area (Å²) >= 11 is 0. The Labute approximate surface area is 288 Å². The van der Waals surface area contributed by atoms with E-state index in [2.05, 4.69) is 156 Å². The molecular formula is C46H29N3O. The van der Waals surface area contributed by atoms with E-state index in [1.165, 1.54) is 21.8 Å². The number of hydrogen-bond donors (Lipinski definition) is 0. The van der Waals surface area contributed by atoms with E-state index in [-0.39, 0.29) is 0 Å². The van der Waals surface area contributed by atoms with Crippen molar-refractivity contribution in [3.8, 4) is 50.6 Å². The molecule has 4 heteroatoms. The first-order valence-electron chi connectivity index (χ1n) is 16.8. The highest BCUT2D eigenvalue weighted by atomic mass is 16.3. The third-order valence-electron chi connectivity index (χ3n) is 9.63. The number of benzene rings is 7. The van der Waals surface area contributed by atoms with Gasteiger partial charge in [-0.25, -0.2) is 9.97 Å². The van der Waals surface area contributed by atoms with Crippen LogP contribution in [0.25, 0.3) is 94.5 Å². The van der Waals surface area contributed by atoms with Gasteiger partial charge in [-0.1, -0.05) is 133 Å². The molecule has 3 aromatic heterocycles. The van der Waals surface area contributed by atoms with Crippen molar-refractivity contribution in [2.24, 2.45) is 0 Å². The Balaban J connectivity index is 1.11. The molecule has 7 aromatic carbocycles. The van der Waals surface area contributed by atoms with Crippen molar-refractivity contribution in [3.05, 3.63) is 176 Å². The molecule has 0 saturated carbocycles. The number of fused-ring (bicyclic) bond motifs is 6. The van der Waals surface area contributed by atoms with Crippen molar-refractivity contribution in [1.29, 1.82) is 0 Å². The van der Waals surface area contributed by atoms with Gasteiger partial charge in [0.05, 0.1) is 11.0 Å². The summed E-state index contributed by atoms with van der Waals surface area (Å²) in [5, 5.41) is 3.48. The molecular weight excluding hydrogens is 611 g/mol. The van der Waals surface area contributed by atoms with E-state index in [9.17, 15) is 0 Å². The van der Waals surface area contributed by atoms with Gasteiger partial charge in [-0.05, 0) is 64.7 Å². The lowest BCUT2D eigenvalue weighted by molar-refractivity contribution is 0.667. The zero-order valence-electron chi connectivity index (χ0n) is 27.0. The third-order valence-corrected chi connectivity index (χ3v) is 9.63. The van der Waals surface area contributed by atoms with E-state index >= 15 is 0 Å². The van der Waals surface area contributed by atoms with Gasteiger partial charge >= 0.3 is 0 Å². The summed E-state index contributed by atoms with van der Waals surface area (Å²) in [7, 11) is 0. The van der Waals surface area contributed by atoms with Crippen molar-refractivity contribution < 1.29 is 4.42 Å². The van der Waals surface area contributed by atoms with E-state index in [1.54, 1.807) is 0 Å². The maximum Gasteiger partial charge on any atom is 0.180 e. The van der Waals surface area contributed by atoms with E-state index < -0.39 is 0 Å². The molecule has 10 rings (SSSR count). The minimum atomic E-state index is 0.668. The van der Waals surface area contributed by atoms with Crippen LogP contribution in [0, 0.1) is 0 Å². The second kappa shape index (κ2) is 11.4. The molecule has 0 spiro atoms. The summed E-state index contributed by atoms with van der Waals surface area (Å²) < 4.78 is 8.93. The highest BCUT2D eigenvalue weighted by molar-refractivity contribution is 6.10. The van der Waals surface area contributed by atoms with Crippen LogP contribution >= 0.6 is 0 Å². The zero-order chi connectivity index (χ0) is 33.0. The van der Waals surface area contributed by atoms with Gasteiger partial charge < -0.3 is 8.98 Å². The number of hydrogen-bond acceptors (Lipinski definition) is 3. The average molecular weight is 640 g/mol. The molecule has 0 unspecified atom stereocenters. The van der Waals surface area contributed by atoms with Gasteiger partial charge in [0.2, 0.25) is 0 Å². The van der Waals surface area contributed by atoms with Gasteiger partial charge in [0.15, 0.2) is 11.4 Å². The first-order chi connectivity index (χ1) is 24.8. The zero-order valence-corrected chi connectivity index (χ0v) is 27.0. The second-order valence-corrected chi connectivity index (χ2v) is 12.6. The highest BCUT2D eigenvalue weighted by Crippen LogP contribution is 2.39. The fraction of sp³-hybridized carbons (Fsp3) is 0. The first kappa shape index (κ1) is 28.3. The quantitative estimate of drug-likeness (QED) is 0.188. The van der Waals surface area contributed by atoms with Gasteiger partial charge in [0.1, 0.15) is 16.8 Å². The molecule has 0 N–H and O–H groups in total. The van der Waals surface area contributed by atoms with Crippen LogP contribution in [0.5, 0.6) is 0 Å². The van der Waals surface area contributed by atoms with Gasteiger partial charge in [-0.15, -0.1) is 0 Å². The lowest BCUT2D eigenvalue weighted by Crippen LogP contribution is -1.94. The van der Waals surface area contributed by atoms with Crippen LogP contribution in [-0.2, 0) is 0 Å². The van der Waals surface area contributed by atoms with E-state index in [0.717, 1.165) is 61.2 Å². The molecule has 0 bridgehead atoms. The second-order valence-electron chi connectivity index (χ2n) is 12.6. The van der Waals surface area contributed by atoms with Crippen molar-refractivity contribution >= 4 is 43.9 Å². The monoisotopic (exact) mass is 639 g/mol. The highest BCUT2D eigenvalue weighted by Gasteiger charge is 2.19. The molecule has 234 valence electrons. The SMILES string of the molecule is c1ccc(-c2cccc(-c3nc(-c4ccccc4)nc4c3oc3ccc(-c5ccc(-n6c7ccccc7c7ccccc76)cc5)cc34)c2)cc1. The van der Waals surface area contributed by atoms with Crippen LogP contribution in [0.2, 0.25) is 0 Å². The predicted octanol–water partition coefficient (Wildman–Crippen LogP) is 12.1. The molecule has 0 radical (unpaired) electrons. The largest absolute Gasteiger partial charge is 0.452 e. The lowest BCUT2D eigenvalue weighted by atomic mass is 10.0. The van der Waals surface area contributed by atoms with Crippen LogP contribution in [-0.4, -0.2) is 14.5 Å². The Bertz CT molecular complexity index is 2800. The number of nitrogens with zero attached hydrogens (tertiary/aromatic N) is 3. The van der Waals surface area contributed by atoms with Gasteiger partial charge in [-0.2, -0.15) is 0 Å². The topological polar surface area (TPSA) is 43.9 Å². The normalized spacial score (nSPS) is 11.6. The van der Waals surface area contributed by atoms with E-state index in [0.29, 0.717) is 11.4 Å². The summed E-state index contributed by atoms with van der Waals surface area (Å²) in [5.74, 6) is 0.668. The Morgan fingerprint density at radius 3 is 1.68 bits per heavy atom. The summed E-state index contributed by atoms with van der Waals surface area (Å²) in [6.07, 6.45) is 0. The predicted molar refractivity (Wildman–Crippen MR) is 205 cm³/mol. The number of furan rings is 1. The van der Waals surface area contributed by atoms with Gasteiger partial charge in [0, 0.05) is 33.0 Å². The molecule has 0 aliphatic rings. The van der Waals surface area contributed by atoms with Crippen LogP contribution in [0.1, 0.15) is 0 Å². The summed E-state index contributed by atoms with van der Waals surface area (Å²) in [5.41, 5.74) is 13.0. The van der Waals surface area contributed by atoms with Crippen LogP contribution in [0.15, 0.2) is 180 Å². The van der Waals surface area contributed by atoms with Crippen molar-refractivity contribution in [2.75, 3.05) is 0 Å². The molecule has 10 aromatic rings. The third kappa shape index (κ3) is 4.61. The minimum absolute atomic E-state index is 0.668. The maximum absolute atomic E-state index is 6.59. The molecule has 0 aliphatic heterocycles. The van der Waals surface area contributed by atoms with Crippen LogP contribution in [0.4, 0.5) is 0 Å². The molecule has 4 nitrogen and oxygen atoms in total.